The van der Waals surface area contributed by atoms with E-state index in [1.165, 1.54) is 12.1 Å². The van der Waals surface area contributed by atoms with Crippen molar-refractivity contribution in [3.8, 4) is 11.5 Å². The van der Waals surface area contributed by atoms with Gasteiger partial charge in [-0.2, -0.15) is 13.2 Å². The molecule has 120 valence electrons. The summed E-state index contributed by atoms with van der Waals surface area (Å²) < 4.78 is 52.4. The molecule has 0 unspecified atom stereocenters. The zero-order valence-electron chi connectivity index (χ0n) is 12.1. The number of nitrogen functional groups attached to an aromatic ring is 1. The summed E-state index contributed by atoms with van der Waals surface area (Å²) in [7, 11) is -0.611. The molecule has 2 N–H and O–H groups in total. The van der Waals surface area contributed by atoms with Gasteiger partial charge in [0.15, 0.2) is 0 Å². The highest BCUT2D eigenvalue weighted by Crippen LogP contribution is 2.33. The standard InChI is InChI=1S/C13H10F3NO.C2H6OS/c14-13(15,16)9-4-3-5-10(8-9)18-12-7-2-1-6-11(12)17;1-4(2)3/h1-8H,17H2;1-2H3. The Kier molecular flexibility index (Phi) is 6.42. The summed E-state index contributed by atoms with van der Waals surface area (Å²) in [6.45, 7) is 0. The molecule has 0 atom stereocenters. The summed E-state index contributed by atoms with van der Waals surface area (Å²) in [5.74, 6) is 0.430. The fourth-order valence-corrected chi connectivity index (χ4v) is 1.44. The van der Waals surface area contributed by atoms with E-state index in [9.17, 15) is 17.4 Å². The van der Waals surface area contributed by atoms with Crippen molar-refractivity contribution in [3.05, 3.63) is 54.1 Å². The maximum Gasteiger partial charge on any atom is 0.416 e. The van der Waals surface area contributed by atoms with Gasteiger partial charge in [0.2, 0.25) is 0 Å². The van der Waals surface area contributed by atoms with Gasteiger partial charge in [0.25, 0.3) is 0 Å². The normalized spacial score (nSPS) is 10.8. The highest BCUT2D eigenvalue weighted by Gasteiger charge is 2.30. The van der Waals surface area contributed by atoms with Gasteiger partial charge < -0.3 is 10.5 Å². The molecule has 0 heterocycles. The van der Waals surface area contributed by atoms with Crippen LogP contribution in [0.5, 0.6) is 11.5 Å². The molecular weight excluding hydrogens is 315 g/mol. The Morgan fingerprint density at radius 2 is 1.64 bits per heavy atom. The van der Waals surface area contributed by atoms with E-state index in [1.807, 2.05) is 0 Å². The number of rotatable bonds is 2. The number of hydrogen-bond donors (Lipinski definition) is 1. The van der Waals surface area contributed by atoms with Crippen LogP contribution in [0.1, 0.15) is 5.56 Å². The number of para-hydroxylation sites is 2. The van der Waals surface area contributed by atoms with E-state index in [-0.39, 0.29) is 5.75 Å². The third-order valence-electron chi connectivity index (χ3n) is 2.31. The van der Waals surface area contributed by atoms with Crippen LogP contribution in [0.4, 0.5) is 18.9 Å². The smallest absolute Gasteiger partial charge is 0.416 e. The van der Waals surface area contributed by atoms with E-state index in [0.717, 1.165) is 12.1 Å². The van der Waals surface area contributed by atoms with Crippen LogP contribution in [0, 0.1) is 0 Å². The summed E-state index contributed by atoms with van der Waals surface area (Å²) in [4.78, 5) is 0. The zero-order valence-corrected chi connectivity index (χ0v) is 12.9. The minimum absolute atomic E-state index is 0.0997. The lowest BCUT2D eigenvalue weighted by Crippen LogP contribution is -2.04. The molecule has 22 heavy (non-hydrogen) atoms. The lowest BCUT2D eigenvalue weighted by Gasteiger charge is -2.11. The molecule has 2 aromatic carbocycles. The number of nitrogens with two attached hydrogens (primary N) is 1. The van der Waals surface area contributed by atoms with Crippen molar-refractivity contribution in [1.29, 1.82) is 0 Å². The van der Waals surface area contributed by atoms with E-state index in [2.05, 4.69) is 0 Å². The van der Waals surface area contributed by atoms with Gasteiger partial charge in [0.05, 0.1) is 11.3 Å². The first-order chi connectivity index (χ1) is 10.2. The SMILES string of the molecule is CS(C)=O.Nc1ccccc1Oc1cccc(C(F)(F)F)c1. The largest absolute Gasteiger partial charge is 0.455 e. The first-order valence-electron chi connectivity index (χ1n) is 6.15. The number of benzene rings is 2. The predicted molar refractivity (Wildman–Crippen MR) is 82.4 cm³/mol. The fourth-order valence-electron chi connectivity index (χ4n) is 1.44. The highest BCUT2D eigenvalue weighted by atomic mass is 32.2. The second kappa shape index (κ2) is 7.84. The monoisotopic (exact) mass is 331 g/mol. The van der Waals surface area contributed by atoms with E-state index < -0.39 is 22.5 Å². The Labute approximate surface area is 129 Å². The van der Waals surface area contributed by atoms with Gasteiger partial charge in [0, 0.05) is 23.3 Å². The van der Waals surface area contributed by atoms with E-state index >= 15 is 0 Å². The molecule has 0 radical (unpaired) electrons. The van der Waals surface area contributed by atoms with Crippen LogP contribution in [0.15, 0.2) is 48.5 Å². The summed E-state index contributed by atoms with van der Waals surface area (Å²) in [5.41, 5.74) is 5.26. The van der Waals surface area contributed by atoms with Crippen LogP contribution in [0.2, 0.25) is 0 Å². The van der Waals surface area contributed by atoms with Gasteiger partial charge in [-0.3, -0.25) is 4.21 Å². The molecule has 0 saturated heterocycles. The van der Waals surface area contributed by atoms with Gasteiger partial charge in [-0.15, -0.1) is 0 Å². The van der Waals surface area contributed by atoms with Crippen molar-refractivity contribution in [3.63, 3.8) is 0 Å². The highest BCUT2D eigenvalue weighted by molar-refractivity contribution is 7.83. The van der Waals surface area contributed by atoms with Crippen molar-refractivity contribution in [2.24, 2.45) is 0 Å². The molecule has 0 aliphatic carbocycles. The van der Waals surface area contributed by atoms with Crippen molar-refractivity contribution in [2.45, 2.75) is 6.18 Å². The maximum absolute atomic E-state index is 12.5. The predicted octanol–water partition coefficient (Wildman–Crippen LogP) is 4.07. The quantitative estimate of drug-likeness (QED) is 0.844. The van der Waals surface area contributed by atoms with Crippen LogP contribution in [-0.2, 0) is 17.0 Å². The third kappa shape index (κ3) is 6.17. The average molecular weight is 331 g/mol. The van der Waals surface area contributed by atoms with Crippen LogP contribution in [0.25, 0.3) is 0 Å². The molecule has 2 rings (SSSR count). The first-order valence-corrected chi connectivity index (χ1v) is 8.11. The maximum atomic E-state index is 12.5. The molecule has 0 saturated carbocycles. The molecule has 3 nitrogen and oxygen atoms in total. The molecule has 0 aromatic heterocycles. The number of halogens is 3. The van der Waals surface area contributed by atoms with Gasteiger partial charge in [0.1, 0.15) is 11.5 Å². The van der Waals surface area contributed by atoms with Gasteiger partial charge in [-0.05, 0) is 30.3 Å². The van der Waals surface area contributed by atoms with Crippen molar-refractivity contribution >= 4 is 16.5 Å². The van der Waals surface area contributed by atoms with Crippen molar-refractivity contribution in [1.82, 2.24) is 0 Å². The fraction of sp³-hybridized carbons (Fsp3) is 0.200. The number of ether oxygens (including phenoxy) is 1. The van der Waals surface area contributed by atoms with Crippen molar-refractivity contribution in [2.75, 3.05) is 18.2 Å². The molecule has 0 fully saturated rings. The second-order valence-electron chi connectivity index (χ2n) is 4.41. The number of hydrogen-bond acceptors (Lipinski definition) is 3. The van der Waals surface area contributed by atoms with Crippen LogP contribution in [0.3, 0.4) is 0 Å². The average Bonchev–Trinajstić information content (AvgIpc) is 2.40. The molecule has 7 heteroatoms. The van der Waals surface area contributed by atoms with Gasteiger partial charge >= 0.3 is 6.18 Å². The van der Waals surface area contributed by atoms with E-state index in [1.54, 1.807) is 36.8 Å². The van der Waals surface area contributed by atoms with Crippen molar-refractivity contribution < 1.29 is 22.1 Å². The van der Waals surface area contributed by atoms with Gasteiger partial charge in [-0.25, -0.2) is 0 Å². The van der Waals surface area contributed by atoms with Gasteiger partial charge in [-0.1, -0.05) is 18.2 Å². The molecular formula is C15H16F3NO2S. The molecule has 2 aromatic rings. The lowest BCUT2D eigenvalue weighted by atomic mass is 10.2. The van der Waals surface area contributed by atoms with E-state index in [4.69, 9.17) is 10.5 Å². The molecule has 0 amide bonds. The minimum atomic E-state index is -4.39. The molecule has 0 aliphatic heterocycles. The minimum Gasteiger partial charge on any atom is -0.455 e. The van der Waals surface area contributed by atoms with Crippen LogP contribution in [-0.4, -0.2) is 16.7 Å². The Hall–Kier alpha value is -2.02. The summed E-state index contributed by atoms with van der Waals surface area (Å²) >= 11 is 0. The Bertz CT molecular complexity index is 641. The Balaban J connectivity index is 0.000000541. The summed E-state index contributed by atoms with van der Waals surface area (Å²) in [6, 6.07) is 11.3. The first kappa shape index (κ1) is 18.0. The number of alkyl halides is 3. The molecule has 0 bridgehead atoms. The number of anilines is 1. The van der Waals surface area contributed by atoms with E-state index in [0.29, 0.717) is 11.4 Å². The van der Waals surface area contributed by atoms with Crippen LogP contribution < -0.4 is 10.5 Å². The zero-order chi connectivity index (χ0) is 16.8. The Morgan fingerprint density at radius 1 is 1.05 bits per heavy atom. The second-order valence-corrected chi connectivity index (χ2v) is 5.89. The summed E-state index contributed by atoms with van der Waals surface area (Å²) in [6.07, 6.45) is -1.11. The topological polar surface area (TPSA) is 52.3 Å². The lowest BCUT2D eigenvalue weighted by molar-refractivity contribution is -0.137. The molecule has 0 aliphatic rings. The Morgan fingerprint density at radius 3 is 2.18 bits per heavy atom. The summed E-state index contributed by atoms with van der Waals surface area (Å²) in [5, 5.41) is 0. The molecule has 0 spiro atoms. The third-order valence-corrected chi connectivity index (χ3v) is 2.31. The van der Waals surface area contributed by atoms with Crippen LogP contribution >= 0.6 is 0 Å².